The van der Waals surface area contributed by atoms with Gasteiger partial charge in [0.05, 0.1) is 13.7 Å². The largest absolute Gasteiger partial charge is 0.508 e. The molecule has 1 rings (SSSR count). The third-order valence-electron chi connectivity index (χ3n) is 2.45. The molecule has 0 fully saturated rings. The monoisotopic (exact) mass is 391 g/mol. The first-order valence-electron chi connectivity index (χ1n) is 6.20. The highest BCUT2D eigenvalue weighted by Crippen LogP contribution is 2.23. The number of phenolic OH excluding ortho intramolecular Hbond substituents is 1. The number of ether oxygens (including phenoxy) is 1. The van der Waals surface area contributed by atoms with Crippen molar-refractivity contribution in [3.63, 3.8) is 0 Å². The topological polar surface area (TPSA) is 65.9 Å². The number of aromatic hydroxyl groups is 1. The molecule has 1 aromatic rings. The van der Waals surface area contributed by atoms with Crippen molar-refractivity contribution in [2.75, 3.05) is 20.2 Å². The van der Waals surface area contributed by atoms with E-state index >= 15 is 0 Å². The fourth-order valence-corrected chi connectivity index (χ4v) is 1.49. The van der Waals surface area contributed by atoms with Crippen LogP contribution in [0.5, 0.6) is 11.5 Å². The summed E-state index contributed by atoms with van der Waals surface area (Å²) >= 11 is 0. The molecule has 3 N–H and O–H groups in total. The average Bonchev–Trinajstić information content (AvgIpc) is 2.43. The van der Waals surface area contributed by atoms with Crippen LogP contribution < -0.4 is 15.4 Å². The Morgan fingerprint density at radius 3 is 2.80 bits per heavy atom. The lowest BCUT2D eigenvalue weighted by molar-refractivity contribution is 0.411. The number of methoxy groups -OCH3 is 1. The summed E-state index contributed by atoms with van der Waals surface area (Å²) in [5.41, 5.74) is 0.718. The number of phenols is 1. The Labute approximate surface area is 137 Å². The highest BCUT2D eigenvalue weighted by Gasteiger charge is 2.03. The molecule has 0 saturated carbocycles. The molecule has 0 bridgehead atoms. The van der Waals surface area contributed by atoms with E-state index in [1.807, 2.05) is 6.92 Å². The van der Waals surface area contributed by atoms with E-state index in [2.05, 4.69) is 22.2 Å². The summed E-state index contributed by atoms with van der Waals surface area (Å²) in [6.07, 6.45) is 1.76. The Morgan fingerprint density at radius 2 is 2.20 bits per heavy atom. The number of aliphatic imine (C=N–C) groups is 1. The Morgan fingerprint density at radius 1 is 1.45 bits per heavy atom. The second-order valence-electron chi connectivity index (χ2n) is 3.86. The quantitative estimate of drug-likeness (QED) is 0.301. The molecular weight excluding hydrogens is 369 g/mol. The van der Waals surface area contributed by atoms with Crippen LogP contribution in [0, 0.1) is 0 Å². The number of benzene rings is 1. The molecule has 0 radical (unpaired) electrons. The maximum Gasteiger partial charge on any atom is 0.191 e. The summed E-state index contributed by atoms with van der Waals surface area (Å²) in [6, 6.07) is 5.09. The minimum atomic E-state index is 0. The van der Waals surface area contributed by atoms with Gasteiger partial charge < -0.3 is 20.5 Å². The van der Waals surface area contributed by atoms with Crippen LogP contribution in [0.4, 0.5) is 0 Å². The van der Waals surface area contributed by atoms with Crippen LogP contribution in [0.25, 0.3) is 0 Å². The Bertz CT molecular complexity index is 450. The van der Waals surface area contributed by atoms with Crippen molar-refractivity contribution < 1.29 is 9.84 Å². The molecule has 5 nitrogen and oxygen atoms in total. The predicted molar refractivity (Wildman–Crippen MR) is 93.1 cm³/mol. The molecule has 20 heavy (non-hydrogen) atoms. The van der Waals surface area contributed by atoms with Crippen LogP contribution in [0.15, 0.2) is 35.8 Å². The standard InChI is InChI=1S/C14H21N3O2.HI/c1-4-8-16-14(15-5-2)17-10-11-9-12(19-3)6-7-13(11)18;/h4,6-7,9,18H,1,5,8,10H2,2-3H3,(H2,15,16,17);1H. The van der Waals surface area contributed by atoms with Crippen LogP contribution >= 0.6 is 24.0 Å². The molecule has 0 aliphatic carbocycles. The summed E-state index contributed by atoms with van der Waals surface area (Å²) in [6.45, 7) is 7.42. The maximum atomic E-state index is 9.77. The van der Waals surface area contributed by atoms with Crippen molar-refractivity contribution in [2.45, 2.75) is 13.5 Å². The van der Waals surface area contributed by atoms with Crippen molar-refractivity contribution in [3.8, 4) is 11.5 Å². The molecule has 112 valence electrons. The molecule has 0 aromatic heterocycles. The molecule has 0 saturated heterocycles. The fourth-order valence-electron chi connectivity index (χ4n) is 1.49. The number of nitrogens with one attached hydrogen (secondary N) is 2. The second kappa shape index (κ2) is 10.4. The summed E-state index contributed by atoms with van der Waals surface area (Å²) in [5, 5.41) is 16.0. The molecule has 0 aliphatic rings. The zero-order valence-electron chi connectivity index (χ0n) is 11.8. The highest BCUT2D eigenvalue weighted by atomic mass is 127. The molecule has 6 heteroatoms. The van der Waals surface area contributed by atoms with Gasteiger partial charge in [0.2, 0.25) is 0 Å². The van der Waals surface area contributed by atoms with E-state index in [0.717, 1.165) is 12.1 Å². The van der Waals surface area contributed by atoms with E-state index < -0.39 is 0 Å². The van der Waals surface area contributed by atoms with E-state index in [1.54, 1.807) is 31.4 Å². The minimum Gasteiger partial charge on any atom is -0.508 e. The number of hydrogen-bond donors (Lipinski definition) is 3. The average molecular weight is 391 g/mol. The summed E-state index contributed by atoms with van der Waals surface area (Å²) in [4.78, 5) is 4.39. The first-order valence-corrected chi connectivity index (χ1v) is 6.20. The molecular formula is C14H22IN3O2. The SMILES string of the molecule is C=CCNC(=NCc1cc(OC)ccc1O)NCC.I. The first kappa shape index (κ1) is 18.6. The maximum absolute atomic E-state index is 9.77. The molecule has 0 aliphatic heterocycles. The third kappa shape index (κ3) is 6.14. The van der Waals surface area contributed by atoms with E-state index in [9.17, 15) is 5.11 Å². The highest BCUT2D eigenvalue weighted by molar-refractivity contribution is 14.0. The number of nitrogens with zero attached hydrogens (tertiary/aromatic N) is 1. The van der Waals surface area contributed by atoms with Crippen molar-refractivity contribution in [3.05, 3.63) is 36.4 Å². The van der Waals surface area contributed by atoms with Gasteiger partial charge in [-0.3, -0.25) is 0 Å². The van der Waals surface area contributed by atoms with Crippen molar-refractivity contribution in [2.24, 2.45) is 4.99 Å². The van der Waals surface area contributed by atoms with E-state index in [4.69, 9.17) is 4.74 Å². The lowest BCUT2D eigenvalue weighted by atomic mass is 10.2. The third-order valence-corrected chi connectivity index (χ3v) is 2.45. The first-order chi connectivity index (χ1) is 9.21. The van der Waals surface area contributed by atoms with E-state index in [1.165, 1.54) is 0 Å². The van der Waals surface area contributed by atoms with Gasteiger partial charge in [-0.25, -0.2) is 4.99 Å². The lowest BCUT2D eigenvalue weighted by Gasteiger charge is -2.10. The predicted octanol–water partition coefficient (Wildman–Crippen LogP) is 2.26. The van der Waals surface area contributed by atoms with Gasteiger partial charge in [-0.05, 0) is 25.1 Å². The molecule has 0 unspecified atom stereocenters. The Balaban J connectivity index is 0.00000361. The second-order valence-corrected chi connectivity index (χ2v) is 3.86. The lowest BCUT2D eigenvalue weighted by Crippen LogP contribution is -2.37. The normalized spacial score (nSPS) is 10.4. The van der Waals surface area contributed by atoms with Gasteiger partial charge in [0.1, 0.15) is 11.5 Å². The van der Waals surface area contributed by atoms with Gasteiger partial charge in [0.25, 0.3) is 0 Å². The van der Waals surface area contributed by atoms with Crippen LogP contribution in [0.1, 0.15) is 12.5 Å². The molecule has 0 amide bonds. The van der Waals surface area contributed by atoms with Crippen LogP contribution in [-0.4, -0.2) is 31.3 Å². The van der Waals surface area contributed by atoms with Crippen LogP contribution in [0.3, 0.4) is 0 Å². The van der Waals surface area contributed by atoms with Gasteiger partial charge in [0, 0.05) is 18.7 Å². The Hall–Kier alpha value is -1.44. The summed E-state index contributed by atoms with van der Waals surface area (Å²) in [5.74, 6) is 1.60. The molecule has 0 heterocycles. The Kier molecular flexibility index (Phi) is 9.61. The van der Waals surface area contributed by atoms with Gasteiger partial charge >= 0.3 is 0 Å². The van der Waals surface area contributed by atoms with Crippen molar-refractivity contribution >= 4 is 29.9 Å². The van der Waals surface area contributed by atoms with Crippen molar-refractivity contribution in [1.82, 2.24) is 10.6 Å². The fraction of sp³-hybridized carbons (Fsp3) is 0.357. The van der Waals surface area contributed by atoms with Gasteiger partial charge in [0.15, 0.2) is 5.96 Å². The number of rotatable bonds is 6. The number of hydrogen-bond acceptors (Lipinski definition) is 3. The molecule has 1 aromatic carbocycles. The minimum absolute atomic E-state index is 0. The smallest absolute Gasteiger partial charge is 0.191 e. The summed E-state index contributed by atoms with van der Waals surface area (Å²) < 4.78 is 5.12. The zero-order valence-corrected chi connectivity index (χ0v) is 14.2. The van der Waals surface area contributed by atoms with Gasteiger partial charge in [-0.2, -0.15) is 0 Å². The number of guanidine groups is 1. The number of halogens is 1. The summed E-state index contributed by atoms with van der Waals surface area (Å²) in [7, 11) is 1.59. The molecule has 0 spiro atoms. The molecule has 0 atom stereocenters. The zero-order chi connectivity index (χ0) is 14.1. The van der Waals surface area contributed by atoms with E-state index in [-0.39, 0.29) is 29.7 Å². The van der Waals surface area contributed by atoms with Crippen LogP contribution in [-0.2, 0) is 6.54 Å². The van der Waals surface area contributed by atoms with E-state index in [0.29, 0.717) is 24.8 Å². The van der Waals surface area contributed by atoms with Gasteiger partial charge in [-0.15, -0.1) is 30.6 Å². The van der Waals surface area contributed by atoms with Crippen LogP contribution in [0.2, 0.25) is 0 Å². The van der Waals surface area contributed by atoms with Gasteiger partial charge in [-0.1, -0.05) is 6.08 Å². The van der Waals surface area contributed by atoms with Crippen molar-refractivity contribution in [1.29, 1.82) is 0 Å².